The highest BCUT2D eigenvalue weighted by atomic mass is 19.1. The van der Waals surface area contributed by atoms with Crippen LogP contribution in [-0.2, 0) is 12.0 Å². The van der Waals surface area contributed by atoms with Gasteiger partial charge >= 0.3 is 0 Å². The molecule has 1 fully saturated rings. The van der Waals surface area contributed by atoms with Gasteiger partial charge in [0.1, 0.15) is 5.82 Å². The second-order valence-electron chi connectivity index (χ2n) is 8.04. The van der Waals surface area contributed by atoms with E-state index in [-0.39, 0.29) is 11.2 Å². The molecule has 3 nitrogen and oxygen atoms in total. The van der Waals surface area contributed by atoms with Crippen LogP contribution < -0.4 is 0 Å². The molecular formula is C24H23FN2O. The van der Waals surface area contributed by atoms with Crippen LogP contribution in [0.5, 0.6) is 0 Å². The van der Waals surface area contributed by atoms with Crippen molar-refractivity contribution < 1.29 is 9.50 Å². The monoisotopic (exact) mass is 374 g/mol. The third kappa shape index (κ3) is 2.55. The first-order chi connectivity index (χ1) is 13.6. The van der Waals surface area contributed by atoms with Crippen LogP contribution >= 0.6 is 0 Å². The number of aromatic nitrogens is 2. The third-order valence-electron chi connectivity index (χ3n) is 6.51. The number of benzene rings is 2. The van der Waals surface area contributed by atoms with Crippen molar-refractivity contribution in [3.8, 4) is 5.69 Å². The van der Waals surface area contributed by atoms with Gasteiger partial charge in [0.2, 0.25) is 0 Å². The zero-order chi connectivity index (χ0) is 19.2. The first kappa shape index (κ1) is 17.4. The van der Waals surface area contributed by atoms with E-state index in [2.05, 4.69) is 17.3 Å². The van der Waals surface area contributed by atoms with E-state index in [4.69, 9.17) is 0 Å². The van der Waals surface area contributed by atoms with E-state index >= 15 is 0 Å². The van der Waals surface area contributed by atoms with Crippen LogP contribution in [0, 0.1) is 11.2 Å². The van der Waals surface area contributed by atoms with Gasteiger partial charge in [-0.1, -0.05) is 49.2 Å². The van der Waals surface area contributed by atoms with Gasteiger partial charge in [0.05, 0.1) is 23.2 Å². The second kappa shape index (κ2) is 6.42. The van der Waals surface area contributed by atoms with Crippen LogP contribution in [0.2, 0.25) is 0 Å². The molecule has 1 aromatic heterocycles. The predicted octanol–water partition coefficient (Wildman–Crippen LogP) is 5.03. The summed E-state index contributed by atoms with van der Waals surface area (Å²) in [7, 11) is 0. The van der Waals surface area contributed by atoms with E-state index in [1.165, 1.54) is 12.1 Å². The minimum atomic E-state index is -0.876. The Labute approximate surface area is 164 Å². The highest BCUT2D eigenvalue weighted by molar-refractivity contribution is 5.58. The van der Waals surface area contributed by atoms with Crippen molar-refractivity contribution in [3.63, 3.8) is 0 Å². The largest absolute Gasteiger partial charge is 0.384 e. The smallest absolute Gasteiger partial charge is 0.123 e. The fraction of sp³-hybridized carbons (Fsp3) is 0.292. The molecule has 4 heteroatoms. The van der Waals surface area contributed by atoms with Crippen LogP contribution in [0.1, 0.15) is 42.5 Å². The van der Waals surface area contributed by atoms with E-state index in [0.29, 0.717) is 0 Å². The Kier molecular flexibility index (Phi) is 3.98. The van der Waals surface area contributed by atoms with Gasteiger partial charge < -0.3 is 5.11 Å². The molecule has 0 amide bonds. The zero-order valence-corrected chi connectivity index (χ0v) is 15.7. The molecule has 0 bridgehead atoms. The SMILES string of the molecule is O[C@]1(c2ccccc2)CCCC[C@@]12C=Cc1c(cnn1-c1ccc(F)cc1)C2. The first-order valence-corrected chi connectivity index (χ1v) is 9.91. The predicted molar refractivity (Wildman–Crippen MR) is 107 cm³/mol. The molecule has 28 heavy (non-hydrogen) atoms. The molecule has 0 saturated heterocycles. The average Bonchev–Trinajstić information content (AvgIpc) is 3.14. The summed E-state index contributed by atoms with van der Waals surface area (Å²) in [6, 6.07) is 16.4. The summed E-state index contributed by atoms with van der Waals surface area (Å²) in [4.78, 5) is 0. The summed E-state index contributed by atoms with van der Waals surface area (Å²) in [6.45, 7) is 0. The van der Waals surface area contributed by atoms with E-state index in [1.54, 1.807) is 12.1 Å². The van der Waals surface area contributed by atoms with Crippen molar-refractivity contribution in [1.29, 1.82) is 0 Å². The lowest BCUT2D eigenvalue weighted by molar-refractivity contribution is -0.0968. The van der Waals surface area contributed by atoms with E-state index < -0.39 is 5.60 Å². The topological polar surface area (TPSA) is 38.1 Å². The quantitative estimate of drug-likeness (QED) is 0.683. The van der Waals surface area contributed by atoms with Gasteiger partial charge in [0, 0.05) is 5.41 Å². The summed E-state index contributed by atoms with van der Waals surface area (Å²) >= 11 is 0. The lowest BCUT2D eigenvalue weighted by Gasteiger charge is -2.50. The molecular weight excluding hydrogens is 351 g/mol. The number of fused-ring (bicyclic) bond motifs is 1. The maximum Gasteiger partial charge on any atom is 0.123 e. The van der Waals surface area contributed by atoms with Crippen molar-refractivity contribution in [2.45, 2.75) is 37.7 Å². The zero-order valence-electron chi connectivity index (χ0n) is 15.7. The molecule has 1 spiro atoms. The molecule has 1 N–H and O–H groups in total. The molecule has 2 aliphatic rings. The number of rotatable bonds is 2. The lowest BCUT2D eigenvalue weighted by atomic mass is 9.57. The minimum absolute atomic E-state index is 0.255. The van der Waals surface area contributed by atoms with Crippen LogP contribution in [0.25, 0.3) is 11.8 Å². The highest BCUT2D eigenvalue weighted by Crippen LogP contribution is 2.55. The maximum atomic E-state index is 13.3. The average molecular weight is 374 g/mol. The summed E-state index contributed by atoms with van der Waals surface area (Å²) in [5.74, 6) is -0.255. The summed E-state index contributed by atoms with van der Waals surface area (Å²) < 4.78 is 15.1. The number of nitrogens with zero attached hydrogens (tertiary/aromatic N) is 2. The van der Waals surface area contributed by atoms with Crippen molar-refractivity contribution in [1.82, 2.24) is 9.78 Å². The molecule has 1 saturated carbocycles. The Balaban J connectivity index is 1.57. The molecule has 0 aliphatic heterocycles. The Morgan fingerprint density at radius 2 is 1.71 bits per heavy atom. The first-order valence-electron chi connectivity index (χ1n) is 9.91. The van der Waals surface area contributed by atoms with E-state index in [0.717, 1.165) is 54.6 Å². The highest BCUT2D eigenvalue weighted by Gasteiger charge is 2.52. The van der Waals surface area contributed by atoms with Gasteiger partial charge in [0.15, 0.2) is 0 Å². The van der Waals surface area contributed by atoms with Crippen molar-refractivity contribution in [3.05, 3.63) is 89.5 Å². The van der Waals surface area contributed by atoms with Crippen LogP contribution in [0.4, 0.5) is 4.39 Å². The van der Waals surface area contributed by atoms with E-state index in [9.17, 15) is 9.50 Å². The normalized spacial score (nSPS) is 26.4. The second-order valence-corrected chi connectivity index (χ2v) is 8.04. The Bertz CT molecular complexity index is 1020. The van der Waals surface area contributed by atoms with Crippen molar-refractivity contribution >= 4 is 6.08 Å². The van der Waals surface area contributed by atoms with Gasteiger partial charge in [-0.15, -0.1) is 0 Å². The van der Waals surface area contributed by atoms with Gasteiger partial charge in [0.25, 0.3) is 0 Å². The summed E-state index contributed by atoms with van der Waals surface area (Å²) in [6.07, 6.45) is 10.8. The molecule has 142 valence electrons. The van der Waals surface area contributed by atoms with Crippen LogP contribution in [-0.4, -0.2) is 14.9 Å². The van der Waals surface area contributed by atoms with Crippen molar-refractivity contribution in [2.75, 3.05) is 0 Å². The number of halogens is 1. The van der Waals surface area contributed by atoms with Crippen LogP contribution in [0.3, 0.4) is 0 Å². The van der Waals surface area contributed by atoms with Gasteiger partial charge in [-0.3, -0.25) is 0 Å². The molecule has 3 aromatic rings. The lowest BCUT2D eigenvalue weighted by Crippen LogP contribution is -2.49. The molecule has 2 atom stereocenters. The minimum Gasteiger partial charge on any atom is -0.384 e. The molecule has 2 aliphatic carbocycles. The van der Waals surface area contributed by atoms with E-state index in [1.807, 2.05) is 41.2 Å². The molecule has 2 aromatic carbocycles. The standard InChI is InChI=1S/C24H23FN2O/c25-20-8-10-21(11-9-20)27-22-12-15-23(16-18(22)17-26-27)13-4-5-14-24(23,28)19-6-2-1-3-7-19/h1-3,6-12,15,17,28H,4-5,13-14,16H2/t23-,24-/m0/s1. The number of hydrogen-bond acceptors (Lipinski definition) is 2. The van der Waals surface area contributed by atoms with Crippen molar-refractivity contribution in [2.24, 2.45) is 5.41 Å². The number of hydrogen-bond donors (Lipinski definition) is 1. The maximum absolute atomic E-state index is 13.3. The number of aliphatic hydroxyl groups is 1. The molecule has 1 heterocycles. The van der Waals surface area contributed by atoms with Crippen LogP contribution in [0.15, 0.2) is 66.9 Å². The summed E-state index contributed by atoms with van der Waals surface area (Å²) in [5.41, 5.74) is 2.77. The molecule has 0 radical (unpaired) electrons. The third-order valence-corrected chi connectivity index (χ3v) is 6.51. The fourth-order valence-corrected chi connectivity index (χ4v) is 5.01. The fourth-order valence-electron chi connectivity index (χ4n) is 5.01. The molecule has 0 unspecified atom stereocenters. The van der Waals surface area contributed by atoms with Gasteiger partial charge in [-0.25, -0.2) is 9.07 Å². The Hall–Kier alpha value is -2.72. The Morgan fingerprint density at radius 3 is 2.50 bits per heavy atom. The van der Waals surface area contributed by atoms with Gasteiger partial charge in [-0.05, 0) is 60.7 Å². The summed E-state index contributed by atoms with van der Waals surface area (Å²) in [5, 5.41) is 16.4. The molecule has 5 rings (SSSR count). The Morgan fingerprint density at radius 1 is 0.964 bits per heavy atom. The van der Waals surface area contributed by atoms with Gasteiger partial charge in [-0.2, -0.15) is 5.10 Å².